The van der Waals surface area contributed by atoms with Gasteiger partial charge in [-0.25, -0.2) is 0 Å². The Morgan fingerprint density at radius 3 is 2.21 bits per heavy atom. The molecule has 0 radical (unpaired) electrons. The van der Waals surface area contributed by atoms with Crippen molar-refractivity contribution in [2.45, 2.75) is 12.5 Å². The van der Waals surface area contributed by atoms with E-state index in [0.29, 0.717) is 0 Å². The van der Waals surface area contributed by atoms with Gasteiger partial charge in [0.1, 0.15) is 5.76 Å². The lowest BCUT2D eigenvalue weighted by atomic mass is 9.96. The van der Waals surface area contributed by atoms with Crippen LogP contribution in [0.2, 0.25) is 0 Å². The quantitative estimate of drug-likeness (QED) is 0.528. The molecule has 4 rings (SSSR count). The van der Waals surface area contributed by atoms with E-state index < -0.39 is 0 Å². The van der Waals surface area contributed by atoms with Gasteiger partial charge in [-0.2, -0.15) is 0 Å². The van der Waals surface area contributed by atoms with Gasteiger partial charge >= 0.3 is 0 Å². The Kier molecular flexibility index (Phi) is 4.07. The molecule has 1 unspecified atom stereocenters. The van der Waals surface area contributed by atoms with E-state index in [1.807, 2.05) is 30.3 Å². The fraction of sp³-hybridized carbons (Fsp3) is 0.0870. The summed E-state index contributed by atoms with van der Waals surface area (Å²) < 4.78 is 6.28. The van der Waals surface area contributed by atoms with Crippen LogP contribution in [-0.4, -0.2) is 0 Å². The summed E-state index contributed by atoms with van der Waals surface area (Å²) in [6, 6.07) is 31.4. The maximum Gasteiger partial charge on any atom is 0.154 e. The molecular weight excluding hydrogens is 292 g/mol. The van der Waals surface area contributed by atoms with E-state index in [2.05, 4.69) is 66.7 Å². The predicted octanol–water partition coefficient (Wildman–Crippen LogP) is 6.14. The van der Waals surface area contributed by atoms with Crippen LogP contribution in [0.15, 0.2) is 97.1 Å². The Bertz CT molecular complexity index is 852. The van der Waals surface area contributed by atoms with Crippen molar-refractivity contribution >= 4 is 5.76 Å². The first-order valence-electron chi connectivity index (χ1n) is 8.32. The van der Waals surface area contributed by atoms with Crippen LogP contribution in [0.3, 0.4) is 0 Å². The Balaban J connectivity index is 1.65. The lowest BCUT2D eigenvalue weighted by Gasteiger charge is -2.14. The van der Waals surface area contributed by atoms with Gasteiger partial charge in [-0.1, -0.05) is 30.3 Å². The van der Waals surface area contributed by atoms with Crippen molar-refractivity contribution in [2.75, 3.05) is 0 Å². The molecule has 3 aromatic rings. The van der Waals surface area contributed by atoms with Crippen LogP contribution in [0.4, 0.5) is 0 Å². The van der Waals surface area contributed by atoms with Gasteiger partial charge in [-0.3, -0.25) is 0 Å². The Morgan fingerprint density at radius 1 is 0.750 bits per heavy atom. The molecule has 1 atom stereocenters. The maximum atomic E-state index is 6.28. The fourth-order valence-corrected chi connectivity index (χ4v) is 3.16. The Hall–Kier alpha value is -2.93. The number of benzene rings is 2. The molecule has 0 aromatic heterocycles. The lowest BCUT2D eigenvalue weighted by molar-refractivity contribution is 0.195. The van der Waals surface area contributed by atoms with E-state index >= 15 is 0 Å². The van der Waals surface area contributed by atoms with Gasteiger partial charge in [-0.05, 0) is 48.5 Å². The van der Waals surface area contributed by atoms with E-state index in [4.69, 9.17) is 4.74 Å². The van der Waals surface area contributed by atoms with E-state index in [0.717, 1.165) is 17.7 Å². The standard InChI is InChI=1S/C23H19O/c1-2-5-11-18(10-4-1)20-14-8-9-15-21(20)23-17-16-22(24-23)19-12-6-3-7-13-19/h1-16,23H,17H2/q+1. The number of rotatable bonds is 3. The normalized spacial score (nSPS) is 16.3. The van der Waals surface area contributed by atoms with Crippen molar-refractivity contribution < 1.29 is 4.74 Å². The number of hydrogen-bond acceptors (Lipinski definition) is 1. The first-order valence-corrected chi connectivity index (χ1v) is 8.32. The van der Waals surface area contributed by atoms with Crippen molar-refractivity contribution in [3.05, 3.63) is 108 Å². The molecule has 24 heavy (non-hydrogen) atoms. The highest BCUT2D eigenvalue weighted by atomic mass is 16.5. The third kappa shape index (κ3) is 2.93. The van der Waals surface area contributed by atoms with E-state index in [1.54, 1.807) is 0 Å². The summed E-state index contributed by atoms with van der Waals surface area (Å²) >= 11 is 0. The maximum absolute atomic E-state index is 6.28. The van der Waals surface area contributed by atoms with Crippen LogP contribution in [0.5, 0.6) is 0 Å². The second kappa shape index (κ2) is 6.67. The van der Waals surface area contributed by atoms with Gasteiger partial charge in [0.2, 0.25) is 0 Å². The van der Waals surface area contributed by atoms with E-state index in [9.17, 15) is 0 Å². The SMILES string of the molecule is C1=C(c2ccccc2)OC(c2ccccc2-[c+]2cccccc2)C1. The molecule has 1 heterocycles. The summed E-state index contributed by atoms with van der Waals surface area (Å²) in [6.45, 7) is 0. The minimum Gasteiger partial charge on any atom is -0.477 e. The lowest BCUT2D eigenvalue weighted by Crippen LogP contribution is -1.99. The van der Waals surface area contributed by atoms with Gasteiger partial charge in [0.05, 0.1) is 16.7 Å². The Morgan fingerprint density at radius 2 is 1.42 bits per heavy atom. The van der Waals surface area contributed by atoms with Gasteiger partial charge in [-0.15, -0.1) is 0 Å². The van der Waals surface area contributed by atoms with Crippen molar-refractivity contribution in [3.8, 4) is 11.1 Å². The zero-order valence-corrected chi connectivity index (χ0v) is 13.4. The molecule has 3 aromatic carbocycles. The molecular formula is C23H19O+. The number of ether oxygens (including phenoxy) is 1. The summed E-state index contributed by atoms with van der Waals surface area (Å²) in [6.07, 6.45) is 3.17. The van der Waals surface area contributed by atoms with Crippen LogP contribution in [0.25, 0.3) is 16.9 Å². The largest absolute Gasteiger partial charge is 0.477 e. The first kappa shape index (κ1) is 14.6. The first-order chi connectivity index (χ1) is 11.9. The second-order valence-electron chi connectivity index (χ2n) is 5.92. The molecule has 0 bridgehead atoms. The van der Waals surface area contributed by atoms with Crippen molar-refractivity contribution in [3.63, 3.8) is 0 Å². The summed E-state index contributed by atoms with van der Waals surface area (Å²) in [7, 11) is 0. The van der Waals surface area contributed by atoms with Crippen LogP contribution < -0.4 is 0 Å². The molecule has 1 heteroatoms. The van der Waals surface area contributed by atoms with Crippen molar-refractivity contribution in [1.82, 2.24) is 0 Å². The minimum absolute atomic E-state index is 0.0712. The second-order valence-corrected chi connectivity index (χ2v) is 5.92. The molecule has 0 fully saturated rings. The van der Waals surface area contributed by atoms with Crippen LogP contribution >= 0.6 is 0 Å². The topological polar surface area (TPSA) is 9.23 Å². The number of hydrogen-bond donors (Lipinski definition) is 0. The molecule has 0 spiro atoms. The smallest absolute Gasteiger partial charge is 0.154 e. The highest BCUT2D eigenvalue weighted by Crippen LogP contribution is 2.39. The van der Waals surface area contributed by atoms with Crippen LogP contribution in [0, 0.1) is 0 Å². The zero-order chi connectivity index (χ0) is 16.2. The molecule has 0 aliphatic carbocycles. The molecule has 0 amide bonds. The van der Waals surface area contributed by atoms with Crippen molar-refractivity contribution in [2.24, 2.45) is 0 Å². The third-order valence-corrected chi connectivity index (χ3v) is 4.35. The molecule has 116 valence electrons. The molecule has 1 aliphatic heterocycles. The van der Waals surface area contributed by atoms with Gasteiger partial charge < -0.3 is 4.74 Å². The predicted molar refractivity (Wildman–Crippen MR) is 99.1 cm³/mol. The molecule has 1 nitrogen and oxygen atoms in total. The van der Waals surface area contributed by atoms with Crippen LogP contribution in [0.1, 0.15) is 23.7 Å². The Labute approximate surface area is 142 Å². The summed E-state index contributed by atoms with van der Waals surface area (Å²) in [5.41, 5.74) is 4.84. The zero-order valence-electron chi connectivity index (χ0n) is 13.4. The van der Waals surface area contributed by atoms with E-state index in [-0.39, 0.29) is 6.10 Å². The minimum atomic E-state index is 0.0712. The van der Waals surface area contributed by atoms with Crippen molar-refractivity contribution in [1.29, 1.82) is 0 Å². The highest BCUT2D eigenvalue weighted by Gasteiger charge is 2.26. The fourth-order valence-electron chi connectivity index (χ4n) is 3.16. The highest BCUT2D eigenvalue weighted by molar-refractivity contribution is 5.69. The van der Waals surface area contributed by atoms with Gasteiger partial charge in [0.25, 0.3) is 0 Å². The molecule has 0 saturated carbocycles. The monoisotopic (exact) mass is 311 g/mol. The summed E-state index contributed by atoms with van der Waals surface area (Å²) in [4.78, 5) is 0. The molecule has 0 N–H and O–H groups in total. The summed E-state index contributed by atoms with van der Waals surface area (Å²) in [5, 5.41) is 0. The summed E-state index contributed by atoms with van der Waals surface area (Å²) in [5.74, 6) is 0.981. The molecule has 1 aliphatic rings. The van der Waals surface area contributed by atoms with E-state index in [1.165, 1.54) is 16.7 Å². The average molecular weight is 311 g/mol. The third-order valence-electron chi connectivity index (χ3n) is 4.35. The van der Waals surface area contributed by atoms with Gasteiger partial charge in [0, 0.05) is 30.2 Å². The molecule has 0 saturated heterocycles. The van der Waals surface area contributed by atoms with Crippen LogP contribution in [-0.2, 0) is 4.74 Å². The average Bonchev–Trinajstić information content (AvgIpc) is 2.98. The van der Waals surface area contributed by atoms with Gasteiger partial charge in [0.15, 0.2) is 6.10 Å².